The van der Waals surface area contributed by atoms with Gasteiger partial charge in [-0.3, -0.25) is 0 Å². The number of aromatic amines is 1. The van der Waals surface area contributed by atoms with Crippen molar-refractivity contribution in [2.24, 2.45) is 0 Å². The Morgan fingerprint density at radius 3 is 2.84 bits per heavy atom. The molecule has 0 atom stereocenters. The lowest BCUT2D eigenvalue weighted by Crippen LogP contribution is -2.24. The van der Waals surface area contributed by atoms with Crippen LogP contribution in [-0.2, 0) is 16.6 Å². The van der Waals surface area contributed by atoms with Gasteiger partial charge >= 0.3 is 0 Å². The standard InChI is InChI=1S/C11H13BrN4O2S/c1-7-10(13)2-8(12)3-11(7)19(17,18)16-5-9-4-14-6-15-9/h2-4,6,16H,5,13H2,1H3,(H,14,15). The van der Waals surface area contributed by atoms with Crippen LogP contribution >= 0.6 is 15.9 Å². The van der Waals surface area contributed by atoms with E-state index in [4.69, 9.17) is 5.73 Å². The van der Waals surface area contributed by atoms with Gasteiger partial charge in [0.2, 0.25) is 10.0 Å². The lowest BCUT2D eigenvalue weighted by Gasteiger charge is -2.11. The van der Waals surface area contributed by atoms with E-state index < -0.39 is 10.0 Å². The summed E-state index contributed by atoms with van der Waals surface area (Å²) < 4.78 is 27.6. The van der Waals surface area contributed by atoms with E-state index >= 15 is 0 Å². The van der Waals surface area contributed by atoms with Crippen molar-refractivity contribution < 1.29 is 8.42 Å². The fraction of sp³-hybridized carbons (Fsp3) is 0.182. The number of nitrogen functional groups attached to an aromatic ring is 1. The molecule has 0 aliphatic rings. The number of rotatable bonds is 4. The van der Waals surface area contributed by atoms with Gasteiger partial charge in [0, 0.05) is 22.1 Å². The molecule has 8 heteroatoms. The number of hydrogen-bond acceptors (Lipinski definition) is 4. The Hall–Kier alpha value is -1.38. The quantitative estimate of drug-likeness (QED) is 0.732. The van der Waals surface area contributed by atoms with Gasteiger partial charge in [0.15, 0.2) is 0 Å². The number of sulfonamides is 1. The number of nitrogens with zero attached hydrogens (tertiary/aromatic N) is 1. The number of H-pyrrole nitrogens is 1. The minimum Gasteiger partial charge on any atom is -0.398 e. The van der Waals surface area contributed by atoms with Crippen molar-refractivity contribution >= 4 is 31.6 Å². The highest BCUT2D eigenvalue weighted by molar-refractivity contribution is 9.10. The van der Waals surface area contributed by atoms with Crippen molar-refractivity contribution in [1.29, 1.82) is 0 Å². The number of halogens is 1. The summed E-state index contributed by atoms with van der Waals surface area (Å²) in [6, 6.07) is 3.20. The van der Waals surface area contributed by atoms with Crippen LogP contribution in [0.2, 0.25) is 0 Å². The van der Waals surface area contributed by atoms with Gasteiger partial charge in [0.05, 0.1) is 17.8 Å². The van der Waals surface area contributed by atoms with E-state index in [1.807, 2.05) is 0 Å². The monoisotopic (exact) mass is 344 g/mol. The first kappa shape index (κ1) is 14.0. The smallest absolute Gasteiger partial charge is 0.241 e. The van der Waals surface area contributed by atoms with Crippen LogP contribution in [0.25, 0.3) is 0 Å². The van der Waals surface area contributed by atoms with E-state index in [2.05, 4.69) is 30.6 Å². The normalized spacial score (nSPS) is 11.7. The van der Waals surface area contributed by atoms with Gasteiger partial charge in [0.25, 0.3) is 0 Å². The van der Waals surface area contributed by atoms with Gasteiger partial charge in [-0.1, -0.05) is 15.9 Å². The molecule has 6 nitrogen and oxygen atoms in total. The Morgan fingerprint density at radius 1 is 1.47 bits per heavy atom. The molecule has 0 aliphatic heterocycles. The highest BCUT2D eigenvalue weighted by atomic mass is 79.9. The second-order valence-electron chi connectivity index (χ2n) is 4.02. The number of imidazole rings is 1. The molecule has 102 valence electrons. The molecular weight excluding hydrogens is 332 g/mol. The third kappa shape index (κ3) is 3.14. The van der Waals surface area contributed by atoms with Crippen molar-refractivity contribution in [1.82, 2.24) is 14.7 Å². The average Bonchev–Trinajstić information content (AvgIpc) is 2.84. The molecule has 0 saturated carbocycles. The molecule has 2 rings (SSSR count). The summed E-state index contributed by atoms with van der Waals surface area (Å²) in [7, 11) is -3.62. The predicted molar refractivity (Wildman–Crippen MR) is 75.9 cm³/mol. The van der Waals surface area contributed by atoms with Crippen LogP contribution in [0.1, 0.15) is 11.3 Å². The lowest BCUT2D eigenvalue weighted by atomic mass is 10.2. The number of benzene rings is 1. The van der Waals surface area contributed by atoms with Gasteiger partial charge < -0.3 is 10.7 Å². The Balaban J connectivity index is 2.29. The third-order valence-corrected chi connectivity index (χ3v) is 4.65. The van der Waals surface area contributed by atoms with Crippen LogP contribution in [0, 0.1) is 6.92 Å². The van der Waals surface area contributed by atoms with Crippen molar-refractivity contribution in [3.63, 3.8) is 0 Å². The Bertz CT molecular complexity index is 683. The van der Waals surface area contributed by atoms with Crippen molar-refractivity contribution in [3.8, 4) is 0 Å². The highest BCUT2D eigenvalue weighted by Gasteiger charge is 2.18. The molecular formula is C11H13BrN4O2S. The SMILES string of the molecule is Cc1c(N)cc(Br)cc1S(=O)(=O)NCc1cnc[nH]1. The Kier molecular flexibility index (Phi) is 3.93. The molecule has 4 N–H and O–H groups in total. The van der Waals surface area contributed by atoms with Crippen LogP contribution in [0.15, 0.2) is 34.0 Å². The summed E-state index contributed by atoms with van der Waals surface area (Å²) in [6.45, 7) is 1.82. The lowest BCUT2D eigenvalue weighted by molar-refractivity contribution is 0.580. The summed E-state index contributed by atoms with van der Waals surface area (Å²) >= 11 is 3.24. The van der Waals surface area contributed by atoms with Gasteiger partial charge in [-0.25, -0.2) is 18.1 Å². The molecule has 2 aromatic rings. The molecule has 1 heterocycles. The molecule has 0 bridgehead atoms. The molecule has 0 unspecified atom stereocenters. The number of nitrogens with two attached hydrogens (primary N) is 1. The average molecular weight is 345 g/mol. The molecule has 1 aromatic heterocycles. The van der Waals surface area contributed by atoms with Gasteiger partial charge in [-0.2, -0.15) is 0 Å². The maximum Gasteiger partial charge on any atom is 0.241 e. The molecule has 0 amide bonds. The summed E-state index contributed by atoms with van der Waals surface area (Å²) in [5.41, 5.74) is 7.41. The number of nitrogens with one attached hydrogen (secondary N) is 2. The second-order valence-corrected chi connectivity index (χ2v) is 6.67. The largest absolute Gasteiger partial charge is 0.398 e. The van der Waals surface area contributed by atoms with Crippen molar-refractivity contribution in [3.05, 3.63) is 40.4 Å². The maximum absolute atomic E-state index is 12.2. The molecule has 0 fully saturated rings. The van der Waals surface area contributed by atoms with E-state index in [0.717, 1.165) is 0 Å². The zero-order valence-corrected chi connectivity index (χ0v) is 12.5. The summed E-state index contributed by atoms with van der Waals surface area (Å²) in [5.74, 6) is 0. The molecule has 19 heavy (non-hydrogen) atoms. The first-order chi connectivity index (χ1) is 8.90. The first-order valence-electron chi connectivity index (χ1n) is 5.42. The number of aromatic nitrogens is 2. The van der Waals surface area contributed by atoms with Crippen LogP contribution in [0.5, 0.6) is 0 Å². The van der Waals surface area contributed by atoms with E-state index in [1.54, 1.807) is 19.2 Å². The fourth-order valence-electron chi connectivity index (χ4n) is 1.59. The predicted octanol–water partition coefficient (Wildman–Crippen LogP) is 1.54. The molecule has 0 aliphatic carbocycles. The van der Waals surface area contributed by atoms with Crippen LogP contribution in [-0.4, -0.2) is 18.4 Å². The molecule has 0 spiro atoms. The zero-order chi connectivity index (χ0) is 14.0. The first-order valence-corrected chi connectivity index (χ1v) is 7.70. The summed E-state index contributed by atoms with van der Waals surface area (Å²) in [5, 5.41) is 0. The Labute approximate surface area is 119 Å². The molecule has 0 radical (unpaired) electrons. The number of anilines is 1. The second kappa shape index (κ2) is 5.32. The van der Waals surface area contributed by atoms with E-state index in [9.17, 15) is 8.42 Å². The third-order valence-electron chi connectivity index (χ3n) is 2.66. The maximum atomic E-state index is 12.2. The fourth-order valence-corrected chi connectivity index (χ4v) is 3.52. The highest BCUT2D eigenvalue weighted by Crippen LogP contribution is 2.26. The van der Waals surface area contributed by atoms with Crippen LogP contribution in [0.3, 0.4) is 0 Å². The van der Waals surface area contributed by atoms with E-state index in [1.165, 1.54) is 12.4 Å². The van der Waals surface area contributed by atoms with Gasteiger partial charge in [-0.15, -0.1) is 0 Å². The van der Waals surface area contributed by atoms with Gasteiger partial charge in [-0.05, 0) is 24.6 Å². The molecule has 0 saturated heterocycles. The van der Waals surface area contributed by atoms with E-state index in [0.29, 0.717) is 21.4 Å². The Morgan fingerprint density at radius 2 is 2.21 bits per heavy atom. The summed E-state index contributed by atoms with van der Waals surface area (Å²) in [6.07, 6.45) is 3.05. The zero-order valence-electron chi connectivity index (χ0n) is 10.1. The van der Waals surface area contributed by atoms with E-state index in [-0.39, 0.29) is 11.4 Å². The number of hydrogen-bond donors (Lipinski definition) is 3. The summed E-state index contributed by atoms with van der Waals surface area (Å²) in [4.78, 5) is 6.82. The minimum atomic E-state index is -3.62. The minimum absolute atomic E-state index is 0.147. The van der Waals surface area contributed by atoms with Crippen LogP contribution < -0.4 is 10.5 Å². The van der Waals surface area contributed by atoms with Crippen molar-refractivity contribution in [2.45, 2.75) is 18.4 Å². The van der Waals surface area contributed by atoms with Crippen LogP contribution in [0.4, 0.5) is 5.69 Å². The van der Waals surface area contributed by atoms with Crippen molar-refractivity contribution in [2.75, 3.05) is 5.73 Å². The topological polar surface area (TPSA) is 101 Å². The molecule has 1 aromatic carbocycles. The van der Waals surface area contributed by atoms with Gasteiger partial charge in [0.1, 0.15) is 0 Å².